The number of rotatable bonds is 1. The Bertz CT molecular complexity index is 438. The maximum atomic E-state index is 8.00. The highest BCUT2D eigenvalue weighted by molar-refractivity contribution is 6.30. The second-order valence-electron chi connectivity index (χ2n) is 2.42. The predicted molar refractivity (Wildman–Crippen MR) is 56.8 cm³/mol. The SMILES string of the molecule is [N-]=[N+]=NCC#Cc1ccc(Cl)cc1N. The van der Waals surface area contributed by atoms with Crippen LogP contribution in [0.1, 0.15) is 5.56 Å². The zero-order valence-electron chi connectivity index (χ0n) is 7.24. The quantitative estimate of drug-likeness (QED) is 0.248. The number of anilines is 1. The molecule has 0 unspecified atom stereocenters. The minimum absolute atomic E-state index is 0.137. The van der Waals surface area contributed by atoms with Crippen molar-refractivity contribution in [2.24, 2.45) is 5.11 Å². The fourth-order valence-electron chi connectivity index (χ4n) is 0.849. The van der Waals surface area contributed by atoms with Crippen LogP contribution in [0.25, 0.3) is 10.4 Å². The summed E-state index contributed by atoms with van der Waals surface area (Å²) in [6, 6.07) is 5.05. The van der Waals surface area contributed by atoms with E-state index in [1.54, 1.807) is 18.2 Å². The summed E-state index contributed by atoms with van der Waals surface area (Å²) in [5.74, 6) is 5.45. The first-order chi connectivity index (χ1) is 6.74. The molecule has 0 saturated carbocycles. The Morgan fingerprint density at radius 3 is 3.00 bits per heavy atom. The Labute approximate surface area is 86.3 Å². The number of halogens is 1. The fourth-order valence-corrected chi connectivity index (χ4v) is 1.03. The zero-order chi connectivity index (χ0) is 10.4. The summed E-state index contributed by atoms with van der Waals surface area (Å²) in [4.78, 5) is 2.57. The maximum Gasteiger partial charge on any atom is 0.0880 e. The first-order valence-corrected chi connectivity index (χ1v) is 4.16. The van der Waals surface area contributed by atoms with Gasteiger partial charge in [0.2, 0.25) is 0 Å². The molecule has 70 valence electrons. The number of azide groups is 1. The summed E-state index contributed by atoms with van der Waals surface area (Å²) in [6.07, 6.45) is 0. The molecule has 1 rings (SSSR count). The van der Waals surface area contributed by atoms with Crippen molar-refractivity contribution in [1.29, 1.82) is 0 Å². The second kappa shape index (κ2) is 5.03. The fraction of sp³-hybridized carbons (Fsp3) is 0.111. The van der Waals surface area contributed by atoms with Crippen LogP contribution in [0.2, 0.25) is 5.02 Å². The van der Waals surface area contributed by atoms with E-state index in [4.69, 9.17) is 22.9 Å². The molecule has 0 amide bonds. The molecule has 0 fully saturated rings. The van der Waals surface area contributed by atoms with Crippen molar-refractivity contribution in [2.75, 3.05) is 12.3 Å². The van der Waals surface area contributed by atoms with Crippen molar-refractivity contribution < 1.29 is 0 Å². The third-order valence-corrected chi connectivity index (χ3v) is 1.68. The van der Waals surface area contributed by atoms with Gasteiger partial charge in [0.25, 0.3) is 0 Å². The Morgan fingerprint density at radius 1 is 1.57 bits per heavy atom. The molecule has 0 heterocycles. The van der Waals surface area contributed by atoms with Gasteiger partial charge in [-0.1, -0.05) is 28.6 Å². The van der Waals surface area contributed by atoms with E-state index in [0.29, 0.717) is 16.3 Å². The molecule has 0 saturated heterocycles. The van der Waals surface area contributed by atoms with Gasteiger partial charge in [0.05, 0.1) is 6.54 Å². The molecule has 0 bridgehead atoms. The van der Waals surface area contributed by atoms with E-state index in [0.717, 1.165) is 0 Å². The molecular weight excluding hydrogens is 200 g/mol. The molecule has 0 spiro atoms. The van der Waals surface area contributed by atoms with Crippen LogP contribution in [0, 0.1) is 11.8 Å². The van der Waals surface area contributed by atoms with E-state index >= 15 is 0 Å². The summed E-state index contributed by atoms with van der Waals surface area (Å²) >= 11 is 5.71. The van der Waals surface area contributed by atoms with Crippen molar-refractivity contribution in [1.82, 2.24) is 0 Å². The lowest BCUT2D eigenvalue weighted by Gasteiger charge is -1.97. The van der Waals surface area contributed by atoms with Crippen LogP contribution in [-0.2, 0) is 0 Å². The monoisotopic (exact) mass is 206 g/mol. The standard InChI is InChI=1S/C9H7ClN4/c10-8-4-3-7(9(11)6-8)2-1-5-13-14-12/h3-4,6H,5,11H2. The molecule has 5 heteroatoms. The lowest BCUT2D eigenvalue weighted by atomic mass is 10.2. The van der Waals surface area contributed by atoms with Gasteiger partial charge in [-0.05, 0) is 23.7 Å². The van der Waals surface area contributed by atoms with Crippen molar-refractivity contribution in [3.05, 3.63) is 39.2 Å². The van der Waals surface area contributed by atoms with Crippen molar-refractivity contribution >= 4 is 17.3 Å². The van der Waals surface area contributed by atoms with Gasteiger partial charge >= 0.3 is 0 Å². The van der Waals surface area contributed by atoms with Gasteiger partial charge < -0.3 is 5.73 Å². The van der Waals surface area contributed by atoms with Gasteiger partial charge in [0.1, 0.15) is 0 Å². The lowest BCUT2D eigenvalue weighted by Crippen LogP contribution is -1.89. The first-order valence-electron chi connectivity index (χ1n) is 3.79. The normalized spacial score (nSPS) is 8.36. The number of nitrogens with zero attached hydrogens (tertiary/aromatic N) is 3. The Morgan fingerprint density at radius 2 is 2.36 bits per heavy atom. The number of nitrogens with two attached hydrogens (primary N) is 1. The van der Waals surface area contributed by atoms with E-state index < -0.39 is 0 Å². The second-order valence-corrected chi connectivity index (χ2v) is 2.86. The molecule has 0 aliphatic carbocycles. The van der Waals surface area contributed by atoms with Crippen LogP contribution in [0.15, 0.2) is 23.3 Å². The van der Waals surface area contributed by atoms with Crippen molar-refractivity contribution in [3.63, 3.8) is 0 Å². The first kappa shape index (κ1) is 10.3. The van der Waals surface area contributed by atoms with Crippen LogP contribution < -0.4 is 5.73 Å². The third-order valence-electron chi connectivity index (χ3n) is 1.45. The zero-order valence-corrected chi connectivity index (χ0v) is 7.99. The summed E-state index contributed by atoms with van der Waals surface area (Å²) in [5, 5.41) is 3.85. The van der Waals surface area contributed by atoms with E-state index in [2.05, 4.69) is 21.9 Å². The largest absolute Gasteiger partial charge is 0.398 e. The molecule has 0 atom stereocenters. The van der Waals surface area contributed by atoms with E-state index in [1.165, 1.54) is 0 Å². The summed E-state index contributed by atoms with van der Waals surface area (Å²) < 4.78 is 0. The average Bonchev–Trinajstić information content (AvgIpc) is 2.15. The smallest absolute Gasteiger partial charge is 0.0880 e. The molecule has 0 aliphatic heterocycles. The van der Waals surface area contributed by atoms with Gasteiger partial charge in [0.15, 0.2) is 0 Å². The Hall–Kier alpha value is -1.82. The number of hydrogen-bond donors (Lipinski definition) is 1. The van der Waals surface area contributed by atoms with Gasteiger partial charge in [0, 0.05) is 21.2 Å². The Kier molecular flexibility index (Phi) is 3.69. The predicted octanol–water partition coefficient (Wildman–Crippen LogP) is 2.58. The minimum atomic E-state index is 0.137. The molecule has 1 aromatic rings. The minimum Gasteiger partial charge on any atom is -0.398 e. The van der Waals surface area contributed by atoms with Gasteiger partial charge in [-0.15, -0.1) is 0 Å². The average molecular weight is 207 g/mol. The van der Waals surface area contributed by atoms with Crippen LogP contribution in [0.3, 0.4) is 0 Å². The van der Waals surface area contributed by atoms with E-state index in [1.807, 2.05) is 0 Å². The molecule has 0 radical (unpaired) electrons. The number of nitrogen functional groups attached to an aromatic ring is 1. The molecule has 1 aromatic carbocycles. The van der Waals surface area contributed by atoms with Crippen LogP contribution in [-0.4, -0.2) is 6.54 Å². The Balaban J connectivity index is 2.84. The molecule has 0 aliphatic rings. The van der Waals surface area contributed by atoms with Gasteiger partial charge in [-0.2, -0.15) is 0 Å². The van der Waals surface area contributed by atoms with Crippen LogP contribution in [0.5, 0.6) is 0 Å². The highest BCUT2D eigenvalue weighted by Crippen LogP contribution is 2.16. The lowest BCUT2D eigenvalue weighted by molar-refractivity contribution is 1.25. The molecule has 14 heavy (non-hydrogen) atoms. The molecule has 4 nitrogen and oxygen atoms in total. The van der Waals surface area contributed by atoms with E-state index in [-0.39, 0.29) is 6.54 Å². The van der Waals surface area contributed by atoms with Crippen LogP contribution >= 0.6 is 11.6 Å². The molecule has 0 aromatic heterocycles. The summed E-state index contributed by atoms with van der Waals surface area (Å²) in [7, 11) is 0. The molecule has 2 N–H and O–H groups in total. The van der Waals surface area contributed by atoms with Crippen molar-refractivity contribution in [3.8, 4) is 11.8 Å². The van der Waals surface area contributed by atoms with Crippen LogP contribution in [0.4, 0.5) is 5.69 Å². The van der Waals surface area contributed by atoms with Gasteiger partial charge in [-0.3, -0.25) is 0 Å². The highest BCUT2D eigenvalue weighted by Gasteiger charge is 1.94. The molecular formula is C9H7ClN4. The summed E-state index contributed by atoms with van der Waals surface area (Å²) in [6.45, 7) is 0.137. The summed E-state index contributed by atoms with van der Waals surface area (Å²) in [5.41, 5.74) is 14.9. The topological polar surface area (TPSA) is 74.8 Å². The van der Waals surface area contributed by atoms with E-state index in [9.17, 15) is 0 Å². The maximum absolute atomic E-state index is 8.00. The third kappa shape index (κ3) is 2.91. The highest BCUT2D eigenvalue weighted by atomic mass is 35.5. The number of hydrogen-bond acceptors (Lipinski definition) is 2. The van der Waals surface area contributed by atoms with Crippen molar-refractivity contribution in [2.45, 2.75) is 0 Å². The van der Waals surface area contributed by atoms with Gasteiger partial charge in [-0.25, -0.2) is 0 Å². The number of benzene rings is 1.